The van der Waals surface area contributed by atoms with E-state index in [-0.39, 0.29) is 5.91 Å². The van der Waals surface area contributed by atoms with Crippen LogP contribution in [0.5, 0.6) is 0 Å². The molecule has 0 atom stereocenters. The number of hydrogen-bond acceptors (Lipinski definition) is 4. The Morgan fingerprint density at radius 1 is 0.963 bits per heavy atom. The van der Waals surface area contributed by atoms with Gasteiger partial charge >= 0.3 is 0 Å². The number of carbonyl (C=O) groups is 1. The topological polar surface area (TPSA) is 58.4 Å². The highest BCUT2D eigenvalue weighted by molar-refractivity contribution is 6.05. The molecule has 0 unspecified atom stereocenters. The van der Waals surface area contributed by atoms with E-state index in [1.54, 1.807) is 0 Å². The first-order valence-corrected chi connectivity index (χ1v) is 8.65. The Bertz CT molecular complexity index is 1080. The van der Waals surface area contributed by atoms with Crippen molar-refractivity contribution in [3.63, 3.8) is 0 Å². The molecule has 0 bridgehead atoms. The average molecular weight is 357 g/mol. The van der Waals surface area contributed by atoms with Gasteiger partial charge in [-0.05, 0) is 54.6 Å². The molecule has 134 valence electrons. The second kappa shape index (κ2) is 6.96. The number of benzene rings is 3. The number of aromatic nitrogens is 1. The van der Waals surface area contributed by atoms with Crippen LogP contribution in [-0.2, 0) is 0 Å². The number of amides is 1. The van der Waals surface area contributed by atoms with Gasteiger partial charge in [0, 0.05) is 36.6 Å². The summed E-state index contributed by atoms with van der Waals surface area (Å²) in [5.41, 5.74) is 4.63. The Kier molecular flexibility index (Phi) is 4.34. The quantitative estimate of drug-likeness (QED) is 0.569. The van der Waals surface area contributed by atoms with E-state index < -0.39 is 0 Å². The largest absolute Gasteiger partial charge is 0.436 e. The molecular weight excluding hydrogens is 338 g/mol. The number of carbonyl (C=O) groups excluding carboxylic acids is 1. The molecule has 0 spiro atoms. The van der Waals surface area contributed by atoms with Gasteiger partial charge in [-0.2, -0.15) is 0 Å². The van der Waals surface area contributed by atoms with Crippen molar-refractivity contribution in [3.8, 4) is 11.5 Å². The molecule has 1 N–H and O–H groups in total. The summed E-state index contributed by atoms with van der Waals surface area (Å²) in [5.74, 6) is 0.403. The molecular formula is C22H19N3O2. The van der Waals surface area contributed by atoms with Crippen molar-refractivity contribution < 1.29 is 9.21 Å². The first kappa shape index (κ1) is 16.8. The van der Waals surface area contributed by atoms with Crippen LogP contribution in [0.15, 0.2) is 77.2 Å². The van der Waals surface area contributed by atoms with E-state index in [4.69, 9.17) is 4.42 Å². The summed E-state index contributed by atoms with van der Waals surface area (Å²) in [5, 5.41) is 2.91. The average Bonchev–Trinajstić information content (AvgIpc) is 3.12. The van der Waals surface area contributed by atoms with Gasteiger partial charge in [0.1, 0.15) is 5.52 Å². The summed E-state index contributed by atoms with van der Waals surface area (Å²) in [7, 11) is 3.93. The van der Waals surface area contributed by atoms with Gasteiger partial charge in [0.15, 0.2) is 5.58 Å². The number of nitrogens with zero attached hydrogens (tertiary/aromatic N) is 2. The van der Waals surface area contributed by atoms with Crippen LogP contribution < -0.4 is 10.2 Å². The van der Waals surface area contributed by atoms with E-state index >= 15 is 0 Å². The number of oxazole rings is 1. The second-order valence-electron chi connectivity index (χ2n) is 6.46. The highest BCUT2D eigenvalue weighted by atomic mass is 16.3. The SMILES string of the molecule is CN(C)c1ccc(C(=O)Nc2ccc3oc(-c4ccccc4)nc3c2)cc1. The second-order valence-corrected chi connectivity index (χ2v) is 6.46. The number of anilines is 2. The van der Waals surface area contributed by atoms with Crippen LogP contribution in [0.4, 0.5) is 11.4 Å². The lowest BCUT2D eigenvalue weighted by Gasteiger charge is -2.12. The minimum Gasteiger partial charge on any atom is -0.436 e. The summed E-state index contributed by atoms with van der Waals surface area (Å²) in [6, 6.07) is 22.6. The van der Waals surface area contributed by atoms with Crippen molar-refractivity contribution in [2.24, 2.45) is 0 Å². The molecule has 1 aromatic heterocycles. The molecule has 5 nitrogen and oxygen atoms in total. The summed E-state index contributed by atoms with van der Waals surface area (Å²) in [6.45, 7) is 0. The summed E-state index contributed by atoms with van der Waals surface area (Å²) < 4.78 is 5.81. The lowest BCUT2D eigenvalue weighted by Crippen LogP contribution is -2.13. The zero-order valence-corrected chi connectivity index (χ0v) is 15.1. The molecule has 0 radical (unpaired) electrons. The lowest BCUT2D eigenvalue weighted by molar-refractivity contribution is 0.102. The Labute approximate surface area is 157 Å². The fourth-order valence-electron chi connectivity index (χ4n) is 2.82. The first-order chi connectivity index (χ1) is 13.1. The van der Waals surface area contributed by atoms with Crippen molar-refractivity contribution in [1.82, 2.24) is 4.98 Å². The number of rotatable bonds is 4. The van der Waals surface area contributed by atoms with Crippen LogP contribution in [-0.4, -0.2) is 25.0 Å². The maximum atomic E-state index is 12.5. The van der Waals surface area contributed by atoms with Crippen LogP contribution in [0.2, 0.25) is 0 Å². The maximum absolute atomic E-state index is 12.5. The highest BCUT2D eigenvalue weighted by Crippen LogP contribution is 2.26. The molecule has 0 aliphatic heterocycles. The standard InChI is InChI=1S/C22H19N3O2/c1-25(2)18-11-8-15(9-12-18)21(26)23-17-10-13-20-19(14-17)24-22(27-20)16-6-4-3-5-7-16/h3-14H,1-2H3,(H,23,26). The zero-order chi connectivity index (χ0) is 18.8. The molecule has 5 heteroatoms. The monoisotopic (exact) mass is 357 g/mol. The molecule has 4 rings (SSSR count). The molecule has 1 heterocycles. The summed E-state index contributed by atoms with van der Waals surface area (Å²) in [4.78, 5) is 19.0. The Morgan fingerprint density at radius 2 is 1.70 bits per heavy atom. The molecule has 1 amide bonds. The molecule has 4 aromatic rings. The van der Waals surface area contributed by atoms with E-state index in [1.165, 1.54) is 0 Å². The van der Waals surface area contributed by atoms with Gasteiger partial charge in [-0.15, -0.1) is 0 Å². The predicted octanol–water partition coefficient (Wildman–Crippen LogP) is 4.81. The van der Waals surface area contributed by atoms with E-state index in [9.17, 15) is 4.79 Å². The van der Waals surface area contributed by atoms with Gasteiger partial charge in [0.2, 0.25) is 5.89 Å². The van der Waals surface area contributed by atoms with Crippen LogP contribution in [0.1, 0.15) is 10.4 Å². The Hall–Kier alpha value is -3.60. The maximum Gasteiger partial charge on any atom is 0.255 e. The molecule has 3 aromatic carbocycles. The Balaban J connectivity index is 1.56. The van der Waals surface area contributed by atoms with Crippen LogP contribution in [0, 0.1) is 0 Å². The van der Waals surface area contributed by atoms with Crippen molar-refractivity contribution >= 4 is 28.4 Å². The molecule has 0 aliphatic rings. The van der Waals surface area contributed by atoms with Crippen molar-refractivity contribution in [3.05, 3.63) is 78.4 Å². The van der Waals surface area contributed by atoms with Gasteiger partial charge in [0.05, 0.1) is 0 Å². The van der Waals surface area contributed by atoms with E-state index in [0.717, 1.165) is 11.3 Å². The smallest absolute Gasteiger partial charge is 0.255 e. The minimum atomic E-state index is -0.161. The van der Waals surface area contributed by atoms with Crippen LogP contribution >= 0.6 is 0 Å². The summed E-state index contributed by atoms with van der Waals surface area (Å²) >= 11 is 0. The molecule has 0 fully saturated rings. The minimum absolute atomic E-state index is 0.161. The Morgan fingerprint density at radius 3 is 2.41 bits per heavy atom. The molecule has 0 aliphatic carbocycles. The van der Waals surface area contributed by atoms with Gasteiger partial charge in [-0.3, -0.25) is 4.79 Å². The highest BCUT2D eigenvalue weighted by Gasteiger charge is 2.11. The third-order valence-corrected chi connectivity index (χ3v) is 4.31. The van der Waals surface area contributed by atoms with Crippen molar-refractivity contribution in [2.75, 3.05) is 24.3 Å². The number of nitrogens with one attached hydrogen (secondary N) is 1. The molecule has 0 saturated heterocycles. The number of hydrogen-bond donors (Lipinski definition) is 1. The van der Waals surface area contributed by atoms with Crippen molar-refractivity contribution in [1.29, 1.82) is 0 Å². The molecule has 27 heavy (non-hydrogen) atoms. The van der Waals surface area contributed by atoms with Crippen molar-refractivity contribution in [2.45, 2.75) is 0 Å². The zero-order valence-electron chi connectivity index (χ0n) is 15.1. The third kappa shape index (κ3) is 3.53. The van der Waals surface area contributed by atoms with E-state index in [0.29, 0.717) is 28.2 Å². The fourth-order valence-corrected chi connectivity index (χ4v) is 2.82. The first-order valence-electron chi connectivity index (χ1n) is 8.65. The van der Waals surface area contributed by atoms with Gasteiger partial charge in [-0.25, -0.2) is 4.98 Å². The van der Waals surface area contributed by atoms with Gasteiger partial charge in [-0.1, -0.05) is 18.2 Å². The van der Waals surface area contributed by atoms with E-state index in [2.05, 4.69) is 10.3 Å². The van der Waals surface area contributed by atoms with Crippen LogP contribution in [0.3, 0.4) is 0 Å². The predicted molar refractivity (Wildman–Crippen MR) is 108 cm³/mol. The normalized spacial score (nSPS) is 10.7. The summed E-state index contributed by atoms with van der Waals surface area (Å²) in [6.07, 6.45) is 0. The molecule has 0 saturated carbocycles. The number of fused-ring (bicyclic) bond motifs is 1. The van der Waals surface area contributed by atoms with E-state index in [1.807, 2.05) is 91.8 Å². The third-order valence-electron chi connectivity index (χ3n) is 4.31. The van der Waals surface area contributed by atoms with Gasteiger partial charge in [0.25, 0.3) is 5.91 Å². The fraction of sp³-hybridized carbons (Fsp3) is 0.0909. The van der Waals surface area contributed by atoms with Gasteiger partial charge < -0.3 is 14.6 Å². The lowest BCUT2D eigenvalue weighted by atomic mass is 10.2. The van der Waals surface area contributed by atoms with Crippen LogP contribution in [0.25, 0.3) is 22.6 Å².